The molecule has 0 aliphatic carbocycles. The van der Waals surface area contributed by atoms with E-state index in [1.807, 2.05) is 0 Å². The van der Waals surface area contributed by atoms with E-state index in [0.717, 1.165) is 0 Å². The molecule has 1 aromatic carbocycles. The number of benzene rings is 1. The molecule has 16 heavy (non-hydrogen) atoms. The largest absolute Gasteiger partial charge is 0.481 e. The molecule has 1 rings (SSSR count). The molecule has 0 bridgehead atoms. The first-order valence-corrected chi connectivity index (χ1v) is 5.10. The molecular formula is C12H13FO3. The number of carboxylic acids is 1. The van der Waals surface area contributed by atoms with E-state index in [9.17, 15) is 14.0 Å². The summed E-state index contributed by atoms with van der Waals surface area (Å²) < 4.78 is 12.6. The van der Waals surface area contributed by atoms with Gasteiger partial charge in [-0.1, -0.05) is 0 Å². The molecule has 0 amide bonds. The fraction of sp³-hybridized carbons (Fsp3) is 0.333. The Morgan fingerprint density at radius 1 is 1.06 bits per heavy atom. The second-order valence-electron chi connectivity index (χ2n) is 3.53. The van der Waals surface area contributed by atoms with E-state index in [1.165, 1.54) is 24.3 Å². The van der Waals surface area contributed by atoms with Gasteiger partial charge in [-0.3, -0.25) is 9.59 Å². The molecule has 86 valence electrons. The van der Waals surface area contributed by atoms with Crippen molar-refractivity contribution in [3.8, 4) is 0 Å². The summed E-state index contributed by atoms with van der Waals surface area (Å²) in [6.07, 6.45) is 1.42. The minimum absolute atomic E-state index is 0.0783. The van der Waals surface area contributed by atoms with Crippen molar-refractivity contribution in [2.24, 2.45) is 0 Å². The maximum absolute atomic E-state index is 12.6. The number of rotatable bonds is 6. The van der Waals surface area contributed by atoms with E-state index in [4.69, 9.17) is 5.11 Å². The van der Waals surface area contributed by atoms with Crippen LogP contribution in [0.2, 0.25) is 0 Å². The van der Waals surface area contributed by atoms with Crippen molar-refractivity contribution in [3.05, 3.63) is 35.6 Å². The summed E-state index contributed by atoms with van der Waals surface area (Å²) in [7, 11) is 0. The van der Waals surface area contributed by atoms with Crippen LogP contribution in [0.5, 0.6) is 0 Å². The van der Waals surface area contributed by atoms with Gasteiger partial charge >= 0.3 is 5.97 Å². The molecule has 0 atom stereocenters. The van der Waals surface area contributed by atoms with Crippen molar-refractivity contribution in [3.63, 3.8) is 0 Å². The van der Waals surface area contributed by atoms with Crippen molar-refractivity contribution in [1.82, 2.24) is 0 Å². The molecule has 1 aromatic rings. The molecule has 0 radical (unpaired) electrons. The zero-order valence-corrected chi connectivity index (χ0v) is 8.78. The lowest BCUT2D eigenvalue weighted by Gasteiger charge is -2.00. The van der Waals surface area contributed by atoms with Gasteiger partial charge < -0.3 is 5.11 Å². The number of aliphatic carboxylic acids is 1. The van der Waals surface area contributed by atoms with Gasteiger partial charge in [0, 0.05) is 18.4 Å². The highest BCUT2D eigenvalue weighted by Gasteiger charge is 2.06. The van der Waals surface area contributed by atoms with Gasteiger partial charge in [0.15, 0.2) is 5.78 Å². The Morgan fingerprint density at radius 3 is 2.19 bits per heavy atom. The molecule has 0 saturated heterocycles. The van der Waals surface area contributed by atoms with Crippen LogP contribution in [0.3, 0.4) is 0 Å². The lowest BCUT2D eigenvalue weighted by molar-refractivity contribution is -0.137. The zero-order valence-electron chi connectivity index (χ0n) is 8.78. The van der Waals surface area contributed by atoms with Crippen molar-refractivity contribution < 1.29 is 19.1 Å². The van der Waals surface area contributed by atoms with E-state index >= 15 is 0 Å². The van der Waals surface area contributed by atoms with Crippen molar-refractivity contribution in [2.45, 2.75) is 25.7 Å². The van der Waals surface area contributed by atoms with E-state index in [-0.39, 0.29) is 18.0 Å². The first kappa shape index (κ1) is 12.4. The van der Waals surface area contributed by atoms with Crippen LogP contribution < -0.4 is 0 Å². The number of hydrogen-bond donors (Lipinski definition) is 1. The van der Waals surface area contributed by atoms with Gasteiger partial charge in [0.2, 0.25) is 0 Å². The van der Waals surface area contributed by atoms with Gasteiger partial charge in [0.1, 0.15) is 5.82 Å². The summed E-state index contributed by atoms with van der Waals surface area (Å²) in [5.74, 6) is -1.30. The molecule has 3 nitrogen and oxygen atoms in total. The summed E-state index contributed by atoms with van der Waals surface area (Å²) in [5.41, 5.74) is 0.469. The number of ketones is 1. The molecule has 0 spiro atoms. The van der Waals surface area contributed by atoms with E-state index in [0.29, 0.717) is 24.8 Å². The number of halogens is 1. The lowest BCUT2D eigenvalue weighted by atomic mass is 10.0. The third-order valence-electron chi connectivity index (χ3n) is 2.21. The molecule has 0 unspecified atom stereocenters. The molecular weight excluding hydrogens is 211 g/mol. The van der Waals surface area contributed by atoms with Crippen LogP contribution in [0.25, 0.3) is 0 Å². The van der Waals surface area contributed by atoms with Gasteiger partial charge in [-0.05, 0) is 37.1 Å². The first-order chi connectivity index (χ1) is 7.59. The third-order valence-corrected chi connectivity index (χ3v) is 2.21. The van der Waals surface area contributed by atoms with Crippen molar-refractivity contribution in [1.29, 1.82) is 0 Å². The molecule has 0 saturated carbocycles. The number of carbonyl (C=O) groups is 2. The maximum atomic E-state index is 12.6. The third kappa shape index (κ3) is 4.21. The molecule has 0 fully saturated rings. The van der Waals surface area contributed by atoms with Crippen LogP contribution in [0.1, 0.15) is 36.0 Å². The second kappa shape index (κ2) is 6.00. The smallest absolute Gasteiger partial charge is 0.303 e. The van der Waals surface area contributed by atoms with Gasteiger partial charge in [0.25, 0.3) is 0 Å². The predicted octanol–water partition coefficient (Wildman–Crippen LogP) is 2.65. The Hall–Kier alpha value is -1.71. The Morgan fingerprint density at radius 2 is 1.62 bits per heavy atom. The topological polar surface area (TPSA) is 54.4 Å². The summed E-state index contributed by atoms with van der Waals surface area (Å²) in [6.45, 7) is 0. The Kier molecular flexibility index (Phi) is 4.64. The highest BCUT2D eigenvalue weighted by atomic mass is 19.1. The molecule has 0 aromatic heterocycles. The summed E-state index contributed by atoms with van der Waals surface area (Å²) >= 11 is 0. The fourth-order valence-electron chi connectivity index (χ4n) is 1.34. The summed E-state index contributed by atoms with van der Waals surface area (Å²) in [5, 5.41) is 8.40. The lowest BCUT2D eigenvalue weighted by Crippen LogP contribution is -2.00. The number of Topliss-reactive ketones (excluding diaryl/α,β-unsaturated/α-hetero) is 1. The van der Waals surface area contributed by atoms with E-state index in [1.54, 1.807) is 0 Å². The Labute approximate surface area is 92.9 Å². The van der Waals surface area contributed by atoms with Gasteiger partial charge in [-0.2, -0.15) is 0 Å². The molecule has 1 N–H and O–H groups in total. The van der Waals surface area contributed by atoms with Gasteiger partial charge in [-0.25, -0.2) is 4.39 Å². The second-order valence-corrected chi connectivity index (χ2v) is 3.53. The predicted molar refractivity (Wildman–Crippen MR) is 56.8 cm³/mol. The van der Waals surface area contributed by atoms with E-state index in [2.05, 4.69) is 0 Å². The average molecular weight is 224 g/mol. The molecule has 0 aliphatic rings. The minimum atomic E-state index is -0.853. The standard InChI is InChI=1S/C12H13FO3/c13-10-7-5-9(6-8-10)11(14)3-1-2-4-12(15)16/h5-8H,1-4H2,(H,15,16). The van der Waals surface area contributed by atoms with Crippen LogP contribution in [0.4, 0.5) is 4.39 Å². The van der Waals surface area contributed by atoms with Crippen LogP contribution in [0, 0.1) is 5.82 Å². The van der Waals surface area contributed by atoms with Gasteiger partial charge in [0.05, 0.1) is 0 Å². The maximum Gasteiger partial charge on any atom is 0.303 e. The molecule has 4 heteroatoms. The number of carboxylic acid groups (broad SMARTS) is 1. The number of unbranched alkanes of at least 4 members (excludes halogenated alkanes) is 1. The van der Waals surface area contributed by atoms with E-state index < -0.39 is 5.97 Å². The molecule has 0 heterocycles. The summed E-state index contributed by atoms with van der Waals surface area (Å²) in [4.78, 5) is 21.8. The van der Waals surface area contributed by atoms with Crippen molar-refractivity contribution in [2.75, 3.05) is 0 Å². The average Bonchev–Trinajstić information content (AvgIpc) is 2.25. The van der Waals surface area contributed by atoms with Crippen LogP contribution in [-0.4, -0.2) is 16.9 Å². The highest BCUT2D eigenvalue weighted by Crippen LogP contribution is 2.09. The SMILES string of the molecule is O=C(O)CCCCC(=O)c1ccc(F)cc1. The van der Waals surface area contributed by atoms with Crippen molar-refractivity contribution >= 4 is 11.8 Å². The number of carbonyl (C=O) groups excluding carboxylic acids is 1. The monoisotopic (exact) mass is 224 g/mol. The quantitative estimate of drug-likeness (QED) is 0.597. The molecule has 0 aliphatic heterocycles. The fourth-order valence-corrected chi connectivity index (χ4v) is 1.34. The summed E-state index contributed by atoms with van der Waals surface area (Å²) in [6, 6.07) is 5.36. The van der Waals surface area contributed by atoms with Crippen LogP contribution in [0.15, 0.2) is 24.3 Å². The first-order valence-electron chi connectivity index (χ1n) is 5.10. The van der Waals surface area contributed by atoms with Crippen LogP contribution >= 0.6 is 0 Å². The van der Waals surface area contributed by atoms with Gasteiger partial charge in [-0.15, -0.1) is 0 Å². The van der Waals surface area contributed by atoms with Crippen LogP contribution in [-0.2, 0) is 4.79 Å². The highest BCUT2D eigenvalue weighted by molar-refractivity contribution is 5.95. The zero-order chi connectivity index (χ0) is 12.0. The normalized spacial score (nSPS) is 10.1. The number of hydrogen-bond acceptors (Lipinski definition) is 2. The Bertz CT molecular complexity index is 370. The minimum Gasteiger partial charge on any atom is -0.481 e. The Balaban J connectivity index is 2.35.